The average Bonchev–Trinajstić information content (AvgIpc) is 2.62. The van der Waals surface area contributed by atoms with E-state index in [1.165, 1.54) is 0 Å². The molecule has 1 saturated carbocycles. The zero-order chi connectivity index (χ0) is 18.8. The van der Waals surface area contributed by atoms with Crippen LogP contribution < -0.4 is 14.8 Å². The van der Waals surface area contributed by atoms with Crippen molar-refractivity contribution in [3.8, 4) is 11.5 Å². The Morgan fingerprint density at radius 1 is 1.12 bits per heavy atom. The van der Waals surface area contributed by atoms with Crippen molar-refractivity contribution in [1.29, 1.82) is 0 Å². The van der Waals surface area contributed by atoms with Crippen LogP contribution in [0.4, 0.5) is 0 Å². The van der Waals surface area contributed by atoms with Crippen molar-refractivity contribution in [2.45, 2.75) is 77.5 Å². The number of carbonyl (C=O) groups is 1. The summed E-state index contributed by atoms with van der Waals surface area (Å²) < 4.78 is 17.2. The number of hydrogen-bond acceptors (Lipinski definition) is 4. The van der Waals surface area contributed by atoms with Crippen LogP contribution in [0.3, 0.4) is 0 Å². The Bertz CT molecular complexity index is 529. The molecule has 5 heteroatoms. The van der Waals surface area contributed by atoms with Crippen LogP contribution in [0.2, 0.25) is 0 Å². The Balaban J connectivity index is 1.84. The van der Waals surface area contributed by atoms with Crippen LogP contribution in [0.1, 0.15) is 59.3 Å². The first kappa shape index (κ1) is 20.6. The van der Waals surface area contributed by atoms with E-state index in [1.807, 2.05) is 38.1 Å². The van der Waals surface area contributed by atoms with Crippen molar-refractivity contribution >= 4 is 5.91 Å². The molecule has 0 radical (unpaired) electrons. The maximum Gasteiger partial charge on any atom is 0.222 e. The summed E-state index contributed by atoms with van der Waals surface area (Å²) in [4.78, 5) is 12.2. The smallest absolute Gasteiger partial charge is 0.222 e. The van der Waals surface area contributed by atoms with E-state index in [-0.39, 0.29) is 24.2 Å². The molecule has 1 amide bonds. The van der Waals surface area contributed by atoms with Gasteiger partial charge in [0, 0.05) is 6.42 Å². The first-order valence-electron chi connectivity index (χ1n) is 9.89. The second kappa shape index (κ2) is 11.1. The molecule has 0 aliphatic heterocycles. The highest BCUT2D eigenvalue weighted by molar-refractivity contribution is 5.76. The highest BCUT2D eigenvalue weighted by Crippen LogP contribution is 2.25. The number of nitrogens with one attached hydrogen (secondary N) is 1. The van der Waals surface area contributed by atoms with Gasteiger partial charge in [-0.1, -0.05) is 13.3 Å². The zero-order valence-corrected chi connectivity index (χ0v) is 16.3. The van der Waals surface area contributed by atoms with E-state index in [1.54, 1.807) is 0 Å². The molecular formula is C21H33NO4. The van der Waals surface area contributed by atoms with E-state index >= 15 is 0 Å². The molecule has 146 valence electrons. The second-order valence-corrected chi connectivity index (χ2v) is 7.10. The standard InChI is InChI=1S/C21H33NO4/c1-4-14-25-17-9-11-18(12-10-17)26-20-8-6-5-7-19(20)22-21(23)13-15-24-16(2)3/h9-12,16,19-20H,4-8,13-15H2,1-3H3,(H,22,23)/t19-,20+/m1/s1. The molecule has 0 unspecified atom stereocenters. The molecule has 1 aromatic rings. The highest BCUT2D eigenvalue weighted by atomic mass is 16.5. The van der Waals surface area contributed by atoms with Crippen molar-refractivity contribution < 1.29 is 19.0 Å². The lowest BCUT2D eigenvalue weighted by atomic mass is 9.92. The lowest BCUT2D eigenvalue weighted by Gasteiger charge is -2.32. The molecule has 1 aromatic carbocycles. The lowest BCUT2D eigenvalue weighted by molar-refractivity contribution is -0.124. The van der Waals surface area contributed by atoms with Crippen LogP contribution in [-0.2, 0) is 9.53 Å². The predicted octanol–water partition coefficient (Wildman–Crippen LogP) is 4.10. The van der Waals surface area contributed by atoms with Gasteiger partial charge in [-0.15, -0.1) is 0 Å². The number of hydrogen-bond donors (Lipinski definition) is 1. The molecule has 26 heavy (non-hydrogen) atoms. The van der Waals surface area contributed by atoms with E-state index in [0.717, 1.165) is 50.2 Å². The Hall–Kier alpha value is -1.75. The van der Waals surface area contributed by atoms with E-state index in [4.69, 9.17) is 14.2 Å². The Morgan fingerprint density at radius 3 is 2.50 bits per heavy atom. The summed E-state index contributed by atoms with van der Waals surface area (Å²) in [7, 11) is 0. The van der Waals surface area contributed by atoms with Gasteiger partial charge in [0.1, 0.15) is 17.6 Å². The number of carbonyl (C=O) groups excluding carboxylic acids is 1. The molecule has 0 saturated heterocycles. The maximum atomic E-state index is 12.2. The Labute approximate surface area is 157 Å². The monoisotopic (exact) mass is 363 g/mol. The van der Waals surface area contributed by atoms with Crippen LogP contribution in [-0.4, -0.2) is 37.4 Å². The number of rotatable bonds is 10. The van der Waals surface area contributed by atoms with Gasteiger partial charge in [0.15, 0.2) is 0 Å². The second-order valence-electron chi connectivity index (χ2n) is 7.10. The molecule has 2 atom stereocenters. The molecule has 0 spiro atoms. The van der Waals surface area contributed by atoms with Gasteiger partial charge in [0.05, 0.1) is 25.4 Å². The fraction of sp³-hybridized carbons (Fsp3) is 0.667. The molecule has 2 rings (SSSR count). The van der Waals surface area contributed by atoms with E-state index in [2.05, 4.69) is 12.2 Å². The fourth-order valence-corrected chi connectivity index (χ4v) is 3.08. The van der Waals surface area contributed by atoms with Gasteiger partial charge < -0.3 is 19.5 Å². The summed E-state index contributed by atoms with van der Waals surface area (Å²) in [5.41, 5.74) is 0. The van der Waals surface area contributed by atoms with Crippen LogP contribution in [0.25, 0.3) is 0 Å². The molecule has 1 aliphatic rings. The minimum absolute atomic E-state index is 0.0149. The fourth-order valence-electron chi connectivity index (χ4n) is 3.08. The number of amides is 1. The minimum atomic E-state index is 0.0149. The van der Waals surface area contributed by atoms with Gasteiger partial charge in [-0.05, 0) is 63.8 Å². The van der Waals surface area contributed by atoms with Gasteiger partial charge in [-0.2, -0.15) is 0 Å². The van der Waals surface area contributed by atoms with Crippen molar-refractivity contribution in [2.24, 2.45) is 0 Å². The number of benzene rings is 1. The van der Waals surface area contributed by atoms with E-state index in [9.17, 15) is 4.79 Å². The Kier molecular flexibility index (Phi) is 8.75. The molecular weight excluding hydrogens is 330 g/mol. The van der Waals surface area contributed by atoms with E-state index in [0.29, 0.717) is 13.0 Å². The van der Waals surface area contributed by atoms with Crippen LogP contribution in [0, 0.1) is 0 Å². The summed E-state index contributed by atoms with van der Waals surface area (Å²) in [6.45, 7) is 7.21. The number of ether oxygens (including phenoxy) is 3. The molecule has 1 aliphatic carbocycles. The largest absolute Gasteiger partial charge is 0.494 e. The minimum Gasteiger partial charge on any atom is -0.494 e. The Morgan fingerprint density at radius 2 is 1.81 bits per heavy atom. The lowest BCUT2D eigenvalue weighted by Crippen LogP contribution is -2.47. The first-order chi connectivity index (χ1) is 12.6. The van der Waals surface area contributed by atoms with Gasteiger partial charge in [-0.25, -0.2) is 0 Å². The zero-order valence-electron chi connectivity index (χ0n) is 16.3. The normalized spacial score (nSPS) is 20.0. The van der Waals surface area contributed by atoms with Gasteiger partial charge >= 0.3 is 0 Å². The van der Waals surface area contributed by atoms with Crippen molar-refractivity contribution in [3.05, 3.63) is 24.3 Å². The SMILES string of the molecule is CCCOc1ccc(O[C@H]2CCCC[C@H]2NC(=O)CCOC(C)C)cc1. The van der Waals surface area contributed by atoms with Crippen LogP contribution in [0.5, 0.6) is 11.5 Å². The molecule has 0 heterocycles. The third kappa shape index (κ3) is 7.24. The quantitative estimate of drug-likeness (QED) is 0.680. The summed E-state index contributed by atoms with van der Waals surface area (Å²) in [6, 6.07) is 7.81. The third-order valence-electron chi connectivity index (χ3n) is 4.41. The first-order valence-corrected chi connectivity index (χ1v) is 9.89. The predicted molar refractivity (Wildman–Crippen MR) is 103 cm³/mol. The average molecular weight is 363 g/mol. The summed E-state index contributed by atoms with van der Waals surface area (Å²) in [5.74, 6) is 1.72. The third-order valence-corrected chi connectivity index (χ3v) is 4.41. The molecule has 1 N–H and O–H groups in total. The van der Waals surface area contributed by atoms with Gasteiger partial charge in [0.2, 0.25) is 5.91 Å². The van der Waals surface area contributed by atoms with Crippen LogP contribution in [0.15, 0.2) is 24.3 Å². The van der Waals surface area contributed by atoms with E-state index < -0.39 is 0 Å². The van der Waals surface area contributed by atoms with Crippen molar-refractivity contribution in [1.82, 2.24) is 5.32 Å². The summed E-state index contributed by atoms with van der Waals surface area (Å²) in [6.07, 6.45) is 5.72. The van der Waals surface area contributed by atoms with Gasteiger partial charge in [-0.3, -0.25) is 4.79 Å². The van der Waals surface area contributed by atoms with Crippen molar-refractivity contribution in [3.63, 3.8) is 0 Å². The molecule has 5 nitrogen and oxygen atoms in total. The maximum absolute atomic E-state index is 12.2. The highest BCUT2D eigenvalue weighted by Gasteiger charge is 2.28. The topological polar surface area (TPSA) is 56.8 Å². The molecule has 0 bridgehead atoms. The summed E-state index contributed by atoms with van der Waals surface area (Å²) >= 11 is 0. The van der Waals surface area contributed by atoms with Crippen LogP contribution >= 0.6 is 0 Å². The van der Waals surface area contributed by atoms with Gasteiger partial charge in [0.25, 0.3) is 0 Å². The summed E-state index contributed by atoms with van der Waals surface area (Å²) in [5, 5.41) is 3.13. The molecule has 0 aromatic heterocycles. The van der Waals surface area contributed by atoms with Crippen molar-refractivity contribution in [2.75, 3.05) is 13.2 Å². The molecule has 1 fully saturated rings.